The number of benzene rings is 1. The first-order chi connectivity index (χ1) is 12.2. The minimum atomic E-state index is 0. The van der Waals surface area contributed by atoms with Gasteiger partial charge in [0.1, 0.15) is 5.01 Å². The number of likely N-dealkylation sites (tertiary alicyclic amines) is 1. The number of nitrogens with zero attached hydrogens (tertiary/aromatic N) is 2. The van der Waals surface area contributed by atoms with E-state index < -0.39 is 0 Å². The Morgan fingerprint density at radius 3 is 2.74 bits per heavy atom. The third-order valence-corrected chi connectivity index (χ3v) is 6.99. The Kier molecular flexibility index (Phi) is 8.35. The minimum Gasteiger partial charge on any atom is -0.333 e. The van der Waals surface area contributed by atoms with Crippen LogP contribution in [0.3, 0.4) is 0 Å². The molecule has 27 heavy (non-hydrogen) atoms. The highest BCUT2D eigenvalue weighted by atomic mass is 35.5. The topological polar surface area (TPSA) is 45.2 Å². The summed E-state index contributed by atoms with van der Waals surface area (Å²) < 4.78 is 1.22. The molecule has 7 heteroatoms. The van der Waals surface area contributed by atoms with Crippen LogP contribution in [0.2, 0.25) is 0 Å². The monoisotopic (exact) mass is 429 g/mol. The molecule has 1 N–H and O–H groups in total. The summed E-state index contributed by atoms with van der Waals surface area (Å²) in [6, 6.07) is 8.46. The van der Waals surface area contributed by atoms with Gasteiger partial charge in [0.2, 0.25) is 5.91 Å². The zero-order chi connectivity index (χ0) is 17.2. The standard InChI is InChI=1S/C20H27N3OS.2ClH/c1-14(15-8-10-21-11-9-15)13-19(24)23-12-4-6-17(23)20-22-16-5-2-3-7-18(16)25-20;;/h2-3,5,7,14-15,17,21H,4,6,8-13H2,1H3;2*1H. The maximum atomic E-state index is 13.0. The van der Waals surface area contributed by atoms with E-state index in [0.29, 0.717) is 24.2 Å². The van der Waals surface area contributed by atoms with Gasteiger partial charge in [-0.2, -0.15) is 0 Å². The van der Waals surface area contributed by atoms with Crippen molar-refractivity contribution in [1.29, 1.82) is 0 Å². The number of nitrogens with one attached hydrogen (secondary N) is 1. The van der Waals surface area contributed by atoms with E-state index in [1.165, 1.54) is 17.5 Å². The molecule has 2 aliphatic heterocycles. The zero-order valence-electron chi connectivity index (χ0n) is 15.7. The number of aromatic nitrogens is 1. The number of piperidine rings is 1. The van der Waals surface area contributed by atoms with Gasteiger partial charge in [-0.05, 0) is 62.7 Å². The second-order valence-electron chi connectivity index (χ2n) is 7.53. The SMILES string of the molecule is CC(CC(=O)N1CCCC1c1nc2ccccc2s1)C1CCNCC1.Cl.Cl. The summed E-state index contributed by atoms with van der Waals surface area (Å²) in [6.45, 7) is 5.34. The summed E-state index contributed by atoms with van der Waals surface area (Å²) in [5.74, 6) is 1.49. The smallest absolute Gasteiger partial charge is 0.223 e. The number of hydrogen-bond acceptors (Lipinski definition) is 4. The average molecular weight is 430 g/mol. The van der Waals surface area contributed by atoms with Crippen LogP contribution in [0.25, 0.3) is 10.2 Å². The molecule has 2 atom stereocenters. The number of rotatable bonds is 4. The second kappa shape index (κ2) is 10.1. The molecule has 2 aromatic rings. The number of para-hydroxylation sites is 1. The van der Waals surface area contributed by atoms with Gasteiger partial charge in [0.25, 0.3) is 0 Å². The summed E-state index contributed by atoms with van der Waals surface area (Å²) in [7, 11) is 0. The van der Waals surface area contributed by atoms with Crippen molar-refractivity contribution in [2.24, 2.45) is 11.8 Å². The Balaban J connectivity index is 0.00000131. The van der Waals surface area contributed by atoms with Gasteiger partial charge >= 0.3 is 0 Å². The van der Waals surface area contributed by atoms with Crippen molar-refractivity contribution in [3.8, 4) is 0 Å². The molecular formula is C20H29Cl2N3OS. The van der Waals surface area contributed by atoms with Crippen LogP contribution in [0.5, 0.6) is 0 Å². The molecule has 0 radical (unpaired) electrons. The van der Waals surface area contributed by atoms with Crippen LogP contribution in [0.15, 0.2) is 24.3 Å². The maximum Gasteiger partial charge on any atom is 0.223 e. The largest absolute Gasteiger partial charge is 0.333 e. The predicted octanol–water partition coefficient (Wildman–Crippen LogP) is 4.83. The first-order valence-corrected chi connectivity index (χ1v) is 10.4. The Morgan fingerprint density at radius 2 is 2.00 bits per heavy atom. The van der Waals surface area contributed by atoms with E-state index in [-0.39, 0.29) is 30.9 Å². The van der Waals surface area contributed by atoms with E-state index in [4.69, 9.17) is 4.98 Å². The molecule has 0 saturated carbocycles. The number of amides is 1. The number of hydrogen-bond donors (Lipinski definition) is 1. The molecule has 150 valence electrons. The van der Waals surface area contributed by atoms with Gasteiger partial charge in [0.05, 0.1) is 16.3 Å². The molecule has 1 amide bonds. The molecule has 2 unspecified atom stereocenters. The molecule has 4 nitrogen and oxygen atoms in total. The predicted molar refractivity (Wildman–Crippen MR) is 117 cm³/mol. The summed E-state index contributed by atoms with van der Waals surface area (Å²) in [4.78, 5) is 19.9. The lowest BCUT2D eigenvalue weighted by atomic mass is 9.84. The Morgan fingerprint density at radius 1 is 1.26 bits per heavy atom. The van der Waals surface area contributed by atoms with Crippen molar-refractivity contribution in [1.82, 2.24) is 15.2 Å². The molecule has 3 heterocycles. The summed E-state index contributed by atoms with van der Waals surface area (Å²) in [5.41, 5.74) is 1.06. The fourth-order valence-corrected chi connectivity index (χ4v) is 5.44. The molecule has 2 fully saturated rings. The zero-order valence-corrected chi connectivity index (χ0v) is 18.2. The highest BCUT2D eigenvalue weighted by Crippen LogP contribution is 2.37. The Hall–Kier alpha value is -0.880. The van der Waals surface area contributed by atoms with Crippen LogP contribution in [-0.2, 0) is 4.79 Å². The van der Waals surface area contributed by atoms with Crippen molar-refractivity contribution in [3.05, 3.63) is 29.3 Å². The lowest BCUT2D eigenvalue weighted by Gasteiger charge is -2.30. The van der Waals surface area contributed by atoms with Gasteiger partial charge in [-0.15, -0.1) is 36.2 Å². The molecule has 0 spiro atoms. The van der Waals surface area contributed by atoms with E-state index in [1.807, 2.05) is 6.07 Å². The van der Waals surface area contributed by atoms with Crippen LogP contribution in [0.4, 0.5) is 0 Å². The van der Waals surface area contributed by atoms with E-state index in [2.05, 4.69) is 35.3 Å². The van der Waals surface area contributed by atoms with Crippen molar-refractivity contribution < 1.29 is 4.79 Å². The minimum absolute atomic E-state index is 0. The van der Waals surface area contributed by atoms with Crippen molar-refractivity contribution in [2.75, 3.05) is 19.6 Å². The molecular weight excluding hydrogens is 401 g/mol. The number of fused-ring (bicyclic) bond motifs is 1. The lowest BCUT2D eigenvalue weighted by molar-refractivity contribution is -0.133. The quantitative estimate of drug-likeness (QED) is 0.756. The molecule has 4 rings (SSSR count). The van der Waals surface area contributed by atoms with Gasteiger partial charge in [0, 0.05) is 13.0 Å². The van der Waals surface area contributed by atoms with E-state index in [9.17, 15) is 4.79 Å². The first kappa shape index (κ1) is 22.4. The van der Waals surface area contributed by atoms with E-state index in [0.717, 1.165) is 43.0 Å². The lowest BCUT2D eigenvalue weighted by Crippen LogP contribution is -2.35. The van der Waals surface area contributed by atoms with E-state index >= 15 is 0 Å². The van der Waals surface area contributed by atoms with Gasteiger partial charge in [-0.1, -0.05) is 19.1 Å². The van der Waals surface area contributed by atoms with Crippen LogP contribution in [0.1, 0.15) is 50.1 Å². The average Bonchev–Trinajstić information content (AvgIpc) is 3.28. The highest BCUT2D eigenvalue weighted by molar-refractivity contribution is 7.18. The summed E-state index contributed by atoms with van der Waals surface area (Å²) in [5, 5.41) is 4.53. The molecule has 2 aliphatic rings. The normalized spacial score (nSPS) is 21.5. The Bertz CT molecular complexity index is 715. The molecule has 0 aliphatic carbocycles. The number of carbonyl (C=O) groups excluding carboxylic acids is 1. The summed E-state index contributed by atoms with van der Waals surface area (Å²) >= 11 is 1.75. The highest BCUT2D eigenvalue weighted by Gasteiger charge is 2.33. The fraction of sp³-hybridized carbons (Fsp3) is 0.600. The van der Waals surface area contributed by atoms with Crippen molar-refractivity contribution in [3.63, 3.8) is 0 Å². The fourth-order valence-electron chi connectivity index (χ4n) is 4.33. The van der Waals surface area contributed by atoms with Crippen LogP contribution in [0, 0.1) is 11.8 Å². The third kappa shape index (κ3) is 4.94. The summed E-state index contributed by atoms with van der Waals surface area (Å²) in [6.07, 6.45) is 5.24. The van der Waals surface area contributed by atoms with Gasteiger partial charge in [0.15, 0.2) is 0 Å². The first-order valence-electron chi connectivity index (χ1n) is 9.58. The molecule has 1 aromatic carbocycles. The number of carbonyl (C=O) groups is 1. The van der Waals surface area contributed by atoms with E-state index in [1.54, 1.807) is 11.3 Å². The van der Waals surface area contributed by atoms with Gasteiger partial charge in [-0.3, -0.25) is 4.79 Å². The Labute approximate surface area is 177 Å². The van der Waals surface area contributed by atoms with Crippen molar-refractivity contribution in [2.45, 2.75) is 45.1 Å². The molecule has 2 saturated heterocycles. The van der Waals surface area contributed by atoms with Crippen LogP contribution in [-0.4, -0.2) is 35.4 Å². The number of thiazole rings is 1. The third-order valence-electron chi connectivity index (χ3n) is 5.85. The second-order valence-corrected chi connectivity index (χ2v) is 8.60. The van der Waals surface area contributed by atoms with Crippen LogP contribution < -0.4 is 5.32 Å². The number of halogens is 2. The van der Waals surface area contributed by atoms with Crippen molar-refractivity contribution >= 4 is 52.3 Å². The van der Waals surface area contributed by atoms with Crippen LogP contribution >= 0.6 is 36.2 Å². The van der Waals surface area contributed by atoms with Gasteiger partial charge in [-0.25, -0.2) is 4.98 Å². The maximum absolute atomic E-state index is 13.0. The molecule has 1 aromatic heterocycles. The van der Waals surface area contributed by atoms with Gasteiger partial charge < -0.3 is 10.2 Å². The molecule has 0 bridgehead atoms.